The Hall–Kier alpha value is -1.58. The summed E-state index contributed by atoms with van der Waals surface area (Å²) in [6.07, 6.45) is 3.21. The SMILES string of the molecule is Clc1cnccc1Oc1ccc2ccccc2c1Br. The average Bonchev–Trinajstić information content (AvgIpc) is 2.44. The highest BCUT2D eigenvalue weighted by Gasteiger charge is 2.08. The van der Waals surface area contributed by atoms with Crippen LogP contribution in [0.5, 0.6) is 11.5 Å². The molecule has 19 heavy (non-hydrogen) atoms. The summed E-state index contributed by atoms with van der Waals surface area (Å²) in [6.45, 7) is 0. The summed E-state index contributed by atoms with van der Waals surface area (Å²) in [5.41, 5.74) is 0. The Morgan fingerprint density at radius 3 is 2.68 bits per heavy atom. The quantitative estimate of drug-likeness (QED) is 0.622. The molecule has 0 aliphatic carbocycles. The predicted molar refractivity (Wildman–Crippen MR) is 81.0 cm³/mol. The van der Waals surface area contributed by atoms with Crippen LogP contribution in [0, 0.1) is 0 Å². The van der Waals surface area contributed by atoms with Gasteiger partial charge in [0.2, 0.25) is 0 Å². The van der Waals surface area contributed by atoms with E-state index in [-0.39, 0.29) is 0 Å². The van der Waals surface area contributed by atoms with Crippen LogP contribution >= 0.6 is 27.5 Å². The van der Waals surface area contributed by atoms with E-state index < -0.39 is 0 Å². The maximum Gasteiger partial charge on any atom is 0.149 e. The Balaban J connectivity index is 2.07. The van der Waals surface area contributed by atoms with Gasteiger partial charge in [0.05, 0.1) is 4.47 Å². The van der Waals surface area contributed by atoms with Crippen LogP contribution in [0.4, 0.5) is 0 Å². The lowest BCUT2D eigenvalue weighted by Crippen LogP contribution is -1.88. The molecule has 0 atom stereocenters. The Labute approximate surface area is 124 Å². The van der Waals surface area contributed by atoms with Crippen molar-refractivity contribution in [3.63, 3.8) is 0 Å². The van der Waals surface area contributed by atoms with Gasteiger partial charge in [-0.1, -0.05) is 41.9 Å². The third-order valence-corrected chi connectivity index (χ3v) is 3.88. The second-order valence-electron chi connectivity index (χ2n) is 4.01. The van der Waals surface area contributed by atoms with Gasteiger partial charge in [-0.2, -0.15) is 0 Å². The summed E-state index contributed by atoms with van der Waals surface area (Å²) in [5, 5.41) is 2.75. The van der Waals surface area contributed by atoms with Crippen molar-refractivity contribution in [3.8, 4) is 11.5 Å². The molecule has 2 nitrogen and oxygen atoms in total. The molecule has 1 heterocycles. The van der Waals surface area contributed by atoms with Gasteiger partial charge in [0, 0.05) is 18.5 Å². The van der Waals surface area contributed by atoms with Gasteiger partial charge in [-0.05, 0) is 32.8 Å². The number of halogens is 2. The third kappa shape index (κ3) is 2.44. The van der Waals surface area contributed by atoms with E-state index in [1.54, 1.807) is 18.5 Å². The monoisotopic (exact) mass is 333 g/mol. The molecule has 1 aromatic heterocycles. The highest BCUT2D eigenvalue weighted by atomic mass is 79.9. The number of pyridine rings is 1. The second-order valence-corrected chi connectivity index (χ2v) is 5.21. The van der Waals surface area contributed by atoms with E-state index in [2.05, 4.69) is 27.0 Å². The molecule has 0 unspecified atom stereocenters. The van der Waals surface area contributed by atoms with Crippen molar-refractivity contribution < 1.29 is 4.74 Å². The first-order valence-corrected chi connectivity index (χ1v) is 6.87. The summed E-state index contributed by atoms with van der Waals surface area (Å²) < 4.78 is 6.74. The van der Waals surface area contributed by atoms with Gasteiger partial charge in [-0.15, -0.1) is 0 Å². The number of hydrogen-bond donors (Lipinski definition) is 0. The third-order valence-electron chi connectivity index (χ3n) is 2.78. The molecule has 0 radical (unpaired) electrons. The predicted octanol–water partition coefficient (Wildman–Crippen LogP) is 5.44. The number of aromatic nitrogens is 1. The molecule has 2 aromatic carbocycles. The number of rotatable bonds is 2. The van der Waals surface area contributed by atoms with Crippen molar-refractivity contribution in [1.82, 2.24) is 4.98 Å². The molecular weight excluding hydrogens is 326 g/mol. The van der Waals surface area contributed by atoms with Crippen molar-refractivity contribution in [3.05, 3.63) is 64.4 Å². The van der Waals surface area contributed by atoms with E-state index in [4.69, 9.17) is 16.3 Å². The normalized spacial score (nSPS) is 10.6. The smallest absolute Gasteiger partial charge is 0.149 e. The fourth-order valence-electron chi connectivity index (χ4n) is 1.86. The average molecular weight is 335 g/mol. The van der Waals surface area contributed by atoms with Gasteiger partial charge in [0.25, 0.3) is 0 Å². The van der Waals surface area contributed by atoms with Crippen molar-refractivity contribution in [1.29, 1.82) is 0 Å². The van der Waals surface area contributed by atoms with Crippen LogP contribution in [-0.2, 0) is 0 Å². The molecule has 0 N–H and O–H groups in total. The fraction of sp³-hybridized carbons (Fsp3) is 0. The van der Waals surface area contributed by atoms with Crippen LogP contribution < -0.4 is 4.74 Å². The lowest BCUT2D eigenvalue weighted by molar-refractivity contribution is 0.480. The van der Waals surface area contributed by atoms with E-state index in [9.17, 15) is 0 Å². The zero-order valence-electron chi connectivity index (χ0n) is 9.81. The minimum absolute atomic E-state index is 0.488. The molecule has 0 spiro atoms. The van der Waals surface area contributed by atoms with Crippen LogP contribution in [0.15, 0.2) is 59.3 Å². The highest BCUT2D eigenvalue weighted by Crippen LogP contribution is 2.37. The molecule has 3 rings (SSSR count). The van der Waals surface area contributed by atoms with Gasteiger partial charge in [-0.25, -0.2) is 0 Å². The van der Waals surface area contributed by atoms with E-state index in [1.807, 2.05) is 30.3 Å². The van der Waals surface area contributed by atoms with Gasteiger partial charge in [-0.3, -0.25) is 4.98 Å². The molecule has 0 amide bonds. The molecule has 4 heteroatoms. The summed E-state index contributed by atoms with van der Waals surface area (Å²) in [4.78, 5) is 3.94. The summed E-state index contributed by atoms with van der Waals surface area (Å²) >= 11 is 9.62. The van der Waals surface area contributed by atoms with E-state index in [1.165, 1.54) is 0 Å². The van der Waals surface area contributed by atoms with Crippen molar-refractivity contribution in [2.75, 3.05) is 0 Å². The molecule has 3 aromatic rings. The minimum atomic E-state index is 0.488. The number of nitrogens with zero attached hydrogens (tertiary/aromatic N) is 1. The van der Waals surface area contributed by atoms with Gasteiger partial charge in [0.15, 0.2) is 0 Å². The largest absolute Gasteiger partial charge is 0.454 e. The summed E-state index contributed by atoms with van der Waals surface area (Å²) in [5.74, 6) is 1.32. The van der Waals surface area contributed by atoms with Crippen LogP contribution in [-0.4, -0.2) is 4.98 Å². The van der Waals surface area contributed by atoms with E-state index in [0.29, 0.717) is 10.8 Å². The Bertz CT molecular complexity index is 745. The van der Waals surface area contributed by atoms with Gasteiger partial charge < -0.3 is 4.74 Å². The van der Waals surface area contributed by atoms with Crippen LogP contribution in [0.2, 0.25) is 5.02 Å². The molecule has 0 saturated heterocycles. The number of fused-ring (bicyclic) bond motifs is 1. The topological polar surface area (TPSA) is 22.1 Å². The zero-order valence-corrected chi connectivity index (χ0v) is 12.1. The van der Waals surface area contributed by atoms with Gasteiger partial charge >= 0.3 is 0 Å². The lowest BCUT2D eigenvalue weighted by Gasteiger charge is -2.10. The summed E-state index contributed by atoms with van der Waals surface area (Å²) in [6, 6.07) is 13.8. The number of hydrogen-bond acceptors (Lipinski definition) is 2. The fourth-order valence-corrected chi connectivity index (χ4v) is 2.59. The highest BCUT2D eigenvalue weighted by molar-refractivity contribution is 9.10. The van der Waals surface area contributed by atoms with Crippen molar-refractivity contribution in [2.45, 2.75) is 0 Å². The number of benzene rings is 2. The maximum atomic E-state index is 6.04. The van der Waals surface area contributed by atoms with E-state index in [0.717, 1.165) is 21.0 Å². The molecular formula is C15H9BrClNO. The lowest BCUT2D eigenvalue weighted by atomic mass is 10.1. The molecule has 94 valence electrons. The van der Waals surface area contributed by atoms with Crippen LogP contribution in [0.25, 0.3) is 10.8 Å². The first kappa shape index (κ1) is 12.5. The Kier molecular flexibility index (Phi) is 3.40. The first-order valence-electron chi connectivity index (χ1n) is 5.70. The Morgan fingerprint density at radius 2 is 1.84 bits per heavy atom. The van der Waals surface area contributed by atoms with E-state index >= 15 is 0 Å². The molecule has 0 saturated carbocycles. The molecule has 0 fully saturated rings. The first-order chi connectivity index (χ1) is 9.25. The van der Waals surface area contributed by atoms with Crippen molar-refractivity contribution >= 4 is 38.3 Å². The molecule has 0 aliphatic rings. The van der Waals surface area contributed by atoms with Crippen LogP contribution in [0.1, 0.15) is 0 Å². The van der Waals surface area contributed by atoms with Crippen molar-refractivity contribution in [2.24, 2.45) is 0 Å². The second kappa shape index (κ2) is 5.19. The Morgan fingerprint density at radius 1 is 1.00 bits per heavy atom. The minimum Gasteiger partial charge on any atom is -0.454 e. The molecule has 0 aliphatic heterocycles. The standard InChI is InChI=1S/C15H9BrClNO/c16-15-11-4-2-1-3-10(11)5-6-14(15)19-13-7-8-18-9-12(13)17/h1-9H. The van der Waals surface area contributed by atoms with Gasteiger partial charge in [0.1, 0.15) is 16.5 Å². The summed E-state index contributed by atoms with van der Waals surface area (Å²) in [7, 11) is 0. The molecule has 0 bridgehead atoms. The zero-order chi connectivity index (χ0) is 13.2. The number of ether oxygens (including phenoxy) is 1. The van der Waals surface area contributed by atoms with Crippen LogP contribution in [0.3, 0.4) is 0 Å². The maximum absolute atomic E-state index is 6.04.